The molecule has 3 nitrogen and oxygen atoms in total. The SMILES string of the molecule is c1ccc(-c2nc(-c3ccc(-c4ccncc4)cc3)cc(-c3cc(-c4cc5ccc6ccccc6c5c5ccccc45)cc(-c4cc5ccc6ccccc6c5c5ccccc45)c3)n2)cc1. The Bertz CT molecular complexity index is 3850. The molecule has 2 aromatic heterocycles. The summed E-state index contributed by atoms with van der Waals surface area (Å²) >= 11 is 0. The summed E-state index contributed by atoms with van der Waals surface area (Å²) in [6.07, 6.45) is 3.67. The van der Waals surface area contributed by atoms with Crippen LogP contribution in [-0.4, -0.2) is 15.0 Å². The minimum Gasteiger partial charge on any atom is -0.265 e. The van der Waals surface area contributed by atoms with Crippen LogP contribution in [0, 0.1) is 0 Å². The topological polar surface area (TPSA) is 38.7 Å². The van der Waals surface area contributed by atoms with E-state index in [1.165, 1.54) is 75.8 Å². The van der Waals surface area contributed by atoms with Crippen molar-refractivity contribution < 1.29 is 0 Å². The standard InChI is InChI=1S/C63H39N3/c1-2-14-45(15-3-1)63-65-59(44-26-22-40(23-27-44)41-30-32-64-33-31-41)39-60(66-63)50-35-48(57-37-46-28-24-42-12-4-6-16-51(42)61(46)55-20-10-8-18-53(55)57)34-49(36-50)58-38-47-29-25-43-13-5-7-17-52(43)62(47)56-21-11-9-19-54(56)58/h1-39H. The summed E-state index contributed by atoms with van der Waals surface area (Å²) in [6.45, 7) is 0. The molecule has 0 aliphatic rings. The fourth-order valence-electron chi connectivity index (χ4n) is 10.2. The molecule has 0 spiro atoms. The first kappa shape index (κ1) is 37.7. The van der Waals surface area contributed by atoms with Crippen LogP contribution in [0.1, 0.15) is 0 Å². The summed E-state index contributed by atoms with van der Waals surface area (Å²) in [5.41, 5.74) is 11.6. The summed E-state index contributed by atoms with van der Waals surface area (Å²) in [6, 6.07) is 81.3. The molecule has 0 aliphatic carbocycles. The summed E-state index contributed by atoms with van der Waals surface area (Å²) in [4.78, 5) is 14.9. The van der Waals surface area contributed by atoms with Gasteiger partial charge in [-0.25, -0.2) is 9.97 Å². The van der Waals surface area contributed by atoms with E-state index in [0.717, 1.165) is 50.3 Å². The Morgan fingerprint density at radius 1 is 0.242 bits per heavy atom. The fraction of sp³-hybridized carbons (Fsp3) is 0. The highest BCUT2D eigenvalue weighted by Gasteiger charge is 2.19. The van der Waals surface area contributed by atoms with Crippen LogP contribution in [0.5, 0.6) is 0 Å². The Labute approximate surface area is 382 Å². The second-order valence-electron chi connectivity index (χ2n) is 17.1. The van der Waals surface area contributed by atoms with E-state index in [-0.39, 0.29) is 0 Å². The fourth-order valence-corrected chi connectivity index (χ4v) is 10.2. The van der Waals surface area contributed by atoms with E-state index in [9.17, 15) is 0 Å². The molecule has 0 bridgehead atoms. The van der Waals surface area contributed by atoms with Crippen LogP contribution in [0.25, 0.3) is 132 Å². The first-order valence-electron chi connectivity index (χ1n) is 22.5. The molecule has 13 aromatic rings. The van der Waals surface area contributed by atoms with Gasteiger partial charge in [-0.15, -0.1) is 0 Å². The molecule has 0 amide bonds. The highest BCUT2D eigenvalue weighted by Crippen LogP contribution is 2.44. The second-order valence-corrected chi connectivity index (χ2v) is 17.1. The maximum atomic E-state index is 5.41. The average Bonchev–Trinajstić information content (AvgIpc) is 3.40. The lowest BCUT2D eigenvalue weighted by Crippen LogP contribution is -1.97. The number of pyridine rings is 1. The highest BCUT2D eigenvalue weighted by atomic mass is 14.9. The quantitative estimate of drug-likeness (QED) is 0.157. The summed E-state index contributed by atoms with van der Waals surface area (Å²) in [5.74, 6) is 0.680. The van der Waals surface area contributed by atoms with Crippen LogP contribution < -0.4 is 0 Å². The molecule has 0 saturated carbocycles. The molecule has 0 N–H and O–H groups in total. The van der Waals surface area contributed by atoms with Crippen molar-refractivity contribution in [1.29, 1.82) is 0 Å². The van der Waals surface area contributed by atoms with Gasteiger partial charge < -0.3 is 0 Å². The third-order valence-corrected chi connectivity index (χ3v) is 13.3. The van der Waals surface area contributed by atoms with Crippen molar-refractivity contribution in [3.05, 3.63) is 237 Å². The number of nitrogens with zero attached hydrogens (tertiary/aromatic N) is 3. The van der Waals surface area contributed by atoms with Gasteiger partial charge in [0.05, 0.1) is 11.4 Å². The molecule has 66 heavy (non-hydrogen) atoms. The molecule has 0 atom stereocenters. The zero-order chi connectivity index (χ0) is 43.6. The Morgan fingerprint density at radius 2 is 0.667 bits per heavy atom. The van der Waals surface area contributed by atoms with Crippen LogP contribution >= 0.6 is 0 Å². The van der Waals surface area contributed by atoms with Crippen molar-refractivity contribution in [2.24, 2.45) is 0 Å². The van der Waals surface area contributed by atoms with Crippen LogP contribution in [-0.2, 0) is 0 Å². The molecule has 3 heteroatoms. The van der Waals surface area contributed by atoms with Gasteiger partial charge in [-0.3, -0.25) is 4.98 Å². The van der Waals surface area contributed by atoms with Crippen molar-refractivity contribution in [3.63, 3.8) is 0 Å². The molecular weight excluding hydrogens is 799 g/mol. The van der Waals surface area contributed by atoms with Gasteiger partial charge in [0.2, 0.25) is 0 Å². The zero-order valence-electron chi connectivity index (χ0n) is 35.9. The van der Waals surface area contributed by atoms with Crippen LogP contribution in [0.4, 0.5) is 0 Å². The first-order chi connectivity index (χ1) is 32.7. The van der Waals surface area contributed by atoms with Crippen LogP contribution in [0.3, 0.4) is 0 Å². The maximum Gasteiger partial charge on any atom is 0.160 e. The van der Waals surface area contributed by atoms with Crippen molar-refractivity contribution in [3.8, 4) is 67.3 Å². The predicted octanol–water partition coefficient (Wildman–Crippen LogP) is 16.8. The van der Waals surface area contributed by atoms with E-state index < -0.39 is 0 Å². The number of benzene rings is 11. The Morgan fingerprint density at radius 3 is 1.23 bits per heavy atom. The predicted molar refractivity (Wildman–Crippen MR) is 277 cm³/mol. The maximum absolute atomic E-state index is 5.41. The molecule has 0 fully saturated rings. The van der Waals surface area contributed by atoms with E-state index in [0.29, 0.717) is 5.82 Å². The van der Waals surface area contributed by atoms with Gasteiger partial charge in [0.15, 0.2) is 5.82 Å². The van der Waals surface area contributed by atoms with E-state index in [1.807, 2.05) is 30.6 Å². The van der Waals surface area contributed by atoms with Crippen LogP contribution in [0.15, 0.2) is 237 Å². The van der Waals surface area contributed by atoms with E-state index >= 15 is 0 Å². The van der Waals surface area contributed by atoms with Crippen molar-refractivity contribution >= 4 is 64.6 Å². The molecule has 0 unspecified atom stereocenters. The normalized spacial score (nSPS) is 11.6. The van der Waals surface area contributed by atoms with Crippen molar-refractivity contribution in [2.45, 2.75) is 0 Å². The van der Waals surface area contributed by atoms with Gasteiger partial charge in [0.25, 0.3) is 0 Å². The molecular formula is C63H39N3. The number of fused-ring (bicyclic) bond motifs is 10. The first-order valence-corrected chi connectivity index (χ1v) is 22.5. The highest BCUT2D eigenvalue weighted by molar-refractivity contribution is 6.25. The third-order valence-electron chi connectivity index (χ3n) is 13.3. The van der Waals surface area contributed by atoms with Gasteiger partial charge in [0, 0.05) is 29.1 Å². The molecule has 0 aliphatic heterocycles. The Kier molecular flexibility index (Phi) is 8.85. The van der Waals surface area contributed by atoms with Crippen molar-refractivity contribution in [1.82, 2.24) is 15.0 Å². The summed E-state index contributed by atoms with van der Waals surface area (Å²) in [5, 5.41) is 14.9. The summed E-state index contributed by atoms with van der Waals surface area (Å²) < 4.78 is 0. The minimum absolute atomic E-state index is 0.680. The summed E-state index contributed by atoms with van der Waals surface area (Å²) in [7, 11) is 0. The zero-order valence-corrected chi connectivity index (χ0v) is 35.9. The lowest BCUT2D eigenvalue weighted by Gasteiger charge is -2.18. The molecule has 306 valence electrons. The Hall–Kier alpha value is -8.79. The van der Waals surface area contributed by atoms with E-state index in [4.69, 9.17) is 9.97 Å². The van der Waals surface area contributed by atoms with Gasteiger partial charge >= 0.3 is 0 Å². The average molecular weight is 838 g/mol. The van der Waals surface area contributed by atoms with Crippen molar-refractivity contribution in [2.75, 3.05) is 0 Å². The minimum atomic E-state index is 0.680. The lowest BCUT2D eigenvalue weighted by molar-refractivity contribution is 1.18. The van der Waals surface area contributed by atoms with E-state index in [2.05, 4.69) is 211 Å². The molecule has 11 aromatic carbocycles. The number of hydrogen-bond acceptors (Lipinski definition) is 3. The monoisotopic (exact) mass is 837 g/mol. The molecule has 0 radical (unpaired) electrons. The molecule has 2 heterocycles. The van der Waals surface area contributed by atoms with Crippen LogP contribution in [0.2, 0.25) is 0 Å². The second kappa shape index (κ2) is 15.5. The van der Waals surface area contributed by atoms with Gasteiger partial charge in [-0.2, -0.15) is 0 Å². The van der Waals surface area contributed by atoms with Gasteiger partial charge in [-0.05, 0) is 147 Å². The lowest BCUT2D eigenvalue weighted by atomic mass is 9.86. The molecule has 0 saturated heterocycles. The van der Waals surface area contributed by atoms with E-state index in [1.54, 1.807) is 0 Å². The number of hydrogen-bond donors (Lipinski definition) is 0. The largest absolute Gasteiger partial charge is 0.265 e. The number of aromatic nitrogens is 3. The number of rotatable bonds is 6. The van der Waals surface area contributed by atoms with Gasteiger partial charge in [-0.1, -0.05) is 176 Å². The van der Waals surface area contributed by atoms with Gasteiger partial charge in [0.1, 0.15) is 0 Å². The molecule has 13 rings (SSSR count). The third kappa shape index (κ3) is 6.40. The smallest absolute Gasteiger partial charge is 0.160 e. The Balaban J connectivity index is 1.09.